The summed E-state index contributed by atoms with van der Waals surface area (Å²) in [4.78, 5) is 0. The van der Waals surface area contributed by atoms with Crippen molar-refractivity contribution >= 4 is 0 Å². The van der Waals surface area contributed by atoms with Crippen molar-refractivity contribution in [3.63, 3.8) is 0 Å². The van der Waals surface area contributed by atoms with Gasteiger partial charge in [-0.2, -0.15) is 0 Å². The van der Waals surface area contributed by atoms with Crippen LogP contribution in [0.25, 0.3) is 0 Å². The third kappa shape index (κ3) is 4.84. The second-order valence-corrected chi connectivity index (χ2v) is 5.83. The van der Waals surface area contributed by atoms with E-state index in [1.165, 1.54) is 5.56 Å². The quantitative estimate of drug-likeness (QED) is 0.796. The predicted octanol–water partition coefficient (Wildman–Crippen LogP) is 2.94. The fourth-order valence-corrected chi connectivity index (χ4v) is 2.09. The number of hydrogen-bond donors (Lipinski definition) is 2. The number of ether oxygens (including phenoxy) is 1. The topological polar surface area (TPSA) is 41.5 Å². The van der Waals surface area contributed by atoms with Gasteiger partial charge < -0.3 is 15.2 Å². The lowest BCUT2D eigenvalue weighted by Crippen LogP contribution is -2.46. The van der Waals surface area contributed by atoms with E-state index < -0.39 is 0 Å². The van der Waals surface area contributed by atoms with Crippen LogP contribution in [0.3, 0.4) is 0 Å². The van der Waals surface area contributed by atoms with Crippen LogP contribution in [0.1, 0.15) is 45.6 Å². The Kier molecular flexibility index (Phi) is 5.83. The van der Waals surface area contributed by atoms with Gasteiger partial charge in [-0.3, -0.25) is 0 Å². The van der Waals surface area contributed by atoms with Crippen molar-refractivity contribution in [1.82, 2.24) is 5.32 Å². The van der Waals surface area contributed by atoms with Gasteiger partial charge in [0.1, 0.15) is 5.75 Å². The minimum Gasteiger partial charge on any atom is -0.491 e. The molecule has 1 aromatic carbocycles. The van der Waals surface area contributed by atoms with Crippen LogP contribution in [0.15, 0.2) is 24.3 Å². The third-order valence-electron chi connectivity index (χ3n) is 3.57. The van der Waals surface area contributed by atoms with Gasteiger partial charge in [-0.25, -0.2) is 0 Å². The molecule has 0 saturated carbocycles. The predicted molar refractivity (Wildman–Crippen MR) is 79.8 cm³/mol. The number of aliphatic hydroxyl groups is 1. The van der Waals surface area contributed by atoms with E-state index in [9.17, 15) is 5.11 Å². The Balaban J connectivity index is 2.59. The van der Waals surface area contributed by atoms with Crippen molar-refractivity contribution in [2.24, 2.45) is 0 Å². The molecule has 0 aromatic heterocycles. The van der Waals surface area contributed by atoms with Crippen LogP contribution >= 0.6 is 0 Å². The lowest BCUT2D eigenvalue weighted by Gasteiger charge is -2.30. The van der Waals surface area contributed by atoms with Gasteiger partial charge in [-0.15, -0.1) is 0 Å². The molecule has 0 aliphatic rings. The monoisotopic (exact) mass is 265 g/mol. The first-order chi connectivity index (χ1) is 8.90. The fraction of sp³-hybridized carbons (Fsp3) is 0.625. The molecule has 0 radical (unpaired) electrons. The van der Waals surface area contributed by atoms with Crippen LogP contribution in [0.2, 0.25) is 0 Å². The second-order valence-electron chi connectivity index (χ2n) is 5.83. The molecule has 0 saturated heterocycles. The molecule has 0 bridgehead atoms. The summed E-state index contributed by atoms with van der Waals surface area (Å²) >= 11 is 0. The van der Waals surface area contributed by atoms with Crippen LogP contribution in [-0.2, 0) is 0 Å². The highest BCUT2D eigenvalue weighted by molar-refractivity contribution is 5.29. The van der Waals surface area contributed by atoms with Crippen molar-refractivity contribution in [2.75, 3.05) is 13.7 Å². The first-order valence-electron chi connectivity index (χ1n) is 6.96. The molecule has 108 valence electrons. The zero-order chi connectivity index (χ0) is 14.5. The van der Waals surface area contributed by atoms with E-state index in [0.717, 1.165) is 12.2 Å². The van der Waals surface area contributed by atoms with Crippen molar-refractivity contribution < 1.29 is 9.84 Å². The van der Waals surface area contributed by atoms with E-state index in [1.807, 2.05) is 33.0 Å². The van der Waals surface area contributed by atoms with E-state index in [2.05, 4.69) is 31.3 Å². The summed E-state index contributed by atoms with van der Waals surface area (Å²) in [5, 5.41) is 12.5. The highest BCUT2D eigenvalue weighted by Gasteiger charge is 2.24. The van der Waals surface area contributed by atoms with Gasteiger partial charge in [0.05, 0.1) is 12.7 Å². The van der Waals surface area contributed by atoms with Crippen LogP contribution < -0.4 is 10.1 Å². The lowest BCUT2D eigenvalue weighted by molar-refractivity contribution is 0.115. The molecule has 0 amide bonds. The van der Waals surface area contributed by atoms with Gasteiger partial charge in [0.2, 0.25) is 0 Å². The number of rotatable bonds is 7. The Labute approximate surface area is 117 Å². The molecular weight excluding hydrogens is 238 g/mol. The lowest BCUT2D eigenvalue weighted by atomic mass is 9.96. The minimum atomic E-state index is -0.294. The summed E-state index contributed by atoms with van der Waals surface area (Å²) in [6, 6.07) is 8.25. The Bertz CT molecular complexity index is 369. The van der Waals surface area contributed by atoms with Crippen LogP contribution in [-0.4, -0.2) is 30.4 Å². The Hall–Kier alpha value is -1.06. The first-order valence-corrected chi connectivity index (χ1v) is 6.96. The van der Waals surface area contributed by atoms with E-state index in [1.54, 1.807) is 0 Å². The maximum absolute atomic E-state index is 9.38. The van der Waals surface area contributed by atoms with Crippen molar-refractivity contribution in [2.45, 2.75) is 51.7 Å². The molecule has 0 spiro atoms. The molecule has 0 fully saturated rings. The molecule has 3 nitrogen and oxygen atoms in total. The number of benzene rings is 1. The summed E-state index contributed by atoms with van der Waals surface area (Å²) in [5.41, 5.74) is 1.02. The molecular formula is C16H27NO2. The molecule has 2 N–H and O–H groups in total. The van der Waals surface area contributed by atoms with Crippen LogP contribution in [0.4, 0.5) is 0 Å². The molecule has 3 heteroatoms. The minimum absolute atomic E-state index is 0.0505. The molecule has 0 heterocycles. The number of aliphatic hydroxyl groups excluding tert-OH is 1. The van der Waals surface area contributed by atoms with Gasteiger partial charge in [0, 0.05) is 12.0 Å². The van der Waals surface area contributed by atoms with Crippen molar-refractivity contribution in [3.05, 3.63) is 29.8 Å². The van der Waals surface area contributed by atoms with Crippen LogP contribution in [0, 0.1) is 0 Å². The Morgan fingerprint density at radius 2 is 1.79 bits per heavy atom. The molecule has 2 atom stereocenters. The van der Waals surface area contributed by atoms with Crippen molar-refractivity contribution in [1.29, 1.82) is 0 Å². The van der Waals surface area contributed by atoms with Gasteiger partial charge in [0.25, 0.3) is 0 Å². The van der Waals surface area contributed by atoms with Crippen LogP contribution in [0.5, 0.6) is 5.75 Å². The molecule has 1 aromatic rings. The van der Waals surface area contributed by atoms with Gasteiger partial charge in [-0.05, 0) is 44.5 Å². The zero-order valence-corrected chi connectivity index (χ0v) is 12.7. The van der Waals surface area contributed by atoms with Gasteiger partial charge in [0.15, 0.2) is 0 Å². The fourth-order valence-electron chi connectivity index (χ4n) is 2.09. The average molecular weight is 265 g/mol. The number of hydrogen-bond acceptors (Lipinski definition) is 3. The standard InChI is InChI=1S/C16H27NO2/c1-12(2)14-6-8-15(9-7-14)19-13(3)10-16(4,11-18)17-5/h6-9,12-13,17-18H,10-11H2,1-5H3. The van der Waals surface area contributed by atoms with E-state index >= 15 is 0 Å². The zero-order valence-electron chi connectivity index (χ0n) is 12.7. The van der Waals surface area contributed by atoms with Gasteiger partial charge >= 0.3 is 0 Å². The highest BCUT2D eigenvalue weighted by Crippen LogP contribution is 2.21. The van der Waals surface area contributed by atoms with E-state index in [0.29, 0.717) is 5.92 Å². The molecule has 0 aliphatic carbocycles. The average Bonchev–Trinajstić information content (AvgIpc) is 2.39. The largest absolute Gasteiger partial charge is 0.491 e. The molecule has 19 heavy (non-hydrogen) atoms. The molecule has 1 rings (SSSR count). The Morgan fingerprint density at radius 1 is 1.21 bits per heavy atom. The number of nitrogens with one attached hydrogen (secondary N) is 1. The summed E-state index contributed by atoms with van der Waals surface area (Å²) < 4.78 is 5.90. The maximum atomic E-state index is 9.38. The Morgan fingerprint density at radius 3 is 2.21 bits per heavy atom. The summed E-state index contributed by atoms with van der Waals surface area (Å²) in [6.07, 6.45) is 0.806. The number of likely N-dealkylation sites (N-methyl/N-ethyl adjacent to an activating group) is 1. The second kappa shape index (κ2) is 6.92. The summed E-state index contributed by atoms with van der Waals surface area (Å²) in [6.45, 7) is 8.48. The van der Waals surface area contributed by atoms with Gasteiger partial charge in [-0.1, -0.05) is 26.0 Å². The first kappa shape index (κ1) is 16.0. The highest BCUT2D eigenvalue weighted by atomic mass is 16.5. The SMILES string of the molecule is CNC(C)(CO)CC(C)Oc1ccc(C(C)C)cc1. The molecule has 2 unspecified atom stereocenters. The maximum Gasteiger partial charge on any atom is 0.119 e. The van der Waals surface area contributed by atoms with Crippen molar-refractivity contribution in [3.8, 4) is 5.75 Å². The van der Waals surface area contributed by atoms with E-state index in [-0.39, 0.29) is 18.2 Å². The summed E-state index contributed by atoms with van der Waals surface area (Å²) in [7, 11) is 1.86. The smallest absolute Gasteiger partial charge is 0.119 e. The third-order valence-corrected chi connectivity index (χ3v) is 3.57. The molecule has 0 aliphatic heterocycles. The van der Waals surface area contributed by atoms with E-state index in [4.69, 9.17) is 4.74 Å². The summed E-state index contributed by atoms with van der Waals surface area (Å²) in [5.74, 6) is 1.42. The normalized spacial score (nSPS) is 16.2.